The van der Waals surface area contributed by atoms with Crippen LogP contribution < -0.4 is 15.5 Å². The van der Waals surface area contributed by atoms with Crippen LogP contribution in [-0.2, 0) is 4.79 Å². The molecule has 0 aliphatic carbocycles. The Morgan fingerprint density at radius 2 is 2.00 bits per heavy atom. The molecule has 2 bridgehead atoms. The van der Waals surface area contributed by atoms with Crippen molar-refractivity contribution in [1.82, 2.24) is 5.32 Å². The van der Waals surface area contributed by atoms with Crippen LogP contribution in [0, 0.1) is 0 Å². The van der Waals surface area contributed by atoms with Crippen molar-refractivity contribution in [3.63, 3.8) is 0 Å². The lowest BCUT2D eigenvalue weighted by Crippen LogP contribution is -2.49. The number of amides is 1. The second-order valence-corrected chi connectivity index (χ2v) is 6.25. The van der Waals surface area contributed by atoms with Crippen molar-refractivity contribution in [2.45, 2.75) is 57.7 Å². The van der Waals surface area contributed by atoms with Gasteiger partial charge < -0.3 is 15.5 Å². The summed E-state index contributed by atoms with van der Waals surface area (Å²) in [7, 11) is 0. The van der Waals surface area contributed by atoms with Crippen LogP contribution in [0.1, 0.15) is 39.5 Å². The van der Waals surface area contributed by atoms with Crippen LogP contribution >= 0.6 is 0 Å². The second-order valence-electron chi connectivity index (χ2n) is 6.25. The van der Waals surface area contributed by atoms with E-state index < -0.39 is 0 Å². The Morgan fingerprint density at radius 3 is 2.62 bits per heavy atom. The van der Waals surface area contributed by atoms with E-state index in [-0.39, 0.29) is 5.91 Å². The van der Waals surface area contributed by atoms with E-state index in [1.54, 1.807) is 6.92 Å². The normalized spacial score (nSPS) is 27.7. The molecule has 4 nitrogen and oxygen atoms in total. The van der Waals surface area contributed by atoms with Crippen LogP contribution in [0.4, 0.5) is 11.4 Å². The van der Waals surface area contributed by atoms with E-state index in [9.17, 15) is 4.79 Å². The first-order valence-electron chi connectivity index (χ1n) is 8.06. The Balaban J connectivity index is 1.77. The van der Waals surface area contributed by atoms with Crippen molar-refractivity contribution in [2.24, 2.45) is 0 Å². The maximum atomic E-state index is 11.2. The van der Waals surface area contributed by atoms with Crippen LogP contribution in [0.3, 0.4) is 0 Å². The molecule has 2 saturated heterocycles. The number of nitrogens with one attached hydrogen (secondary N) is 2. The summed E-state index contributed by atoms with van der Waals surface area (Å²) >= 11 is 0. The molecule has 1 amide bonds. The number of anilines is 2. The van der Waals surface area contributed by atoms with Crippen molar-refractivity contribution in [3.05, 3.63) is 24.3 Å². The highest BCUT2D eigenvalue weighted by molar-refractivity contribution is 5.89. The van der Waals surface area contributed by atoms with Gasteiger partial charge in [0.25, 0.3) is 0 Å². The monoisotopic (exact) mass is 287 g/mol. The largest absolute Gasteiger partial charge is 0.365 e. The molecule has 2 unspecified atom stereocenters. The van der Waals surface area contributed by atoms with Gasteiger partial charge in [-0.15, -0.1) is 0 Å². The Hall–Kier alpha value is -1.55. The summed E-state index contributed by atoms with van der Waals surface area (Å²) in [6, 6.07) is 10.2. The zero-order chi connectivity index (χ0) is 14.8. The summed E-state index contributed by atoms with van der Waals surface area (Å²) in [6.07, 6.45) is 5.04. The Labute approximate surface area is 126 Å². The van der Waals surface area contributed by atoms with Gasteiger partial charge in [-0.1, -0.05) is 13.0 Å². The van der Waals surface area contributed by atoms with E-state index in [0.717, 1.165) is 12.2 Å². The second kappa shape index (κ2) is 6.06. The standard InChI is InChI=1S/C17H25N3O/c1-3-18-14-10-16-7-8-17(11-14)20(16)15-6-4-5-13(9-15)19-12(2)21/h4-6,9,14,16-18H,3,7-8,10-11H2,1-2H3,(H,19,21). The maximum absolute atomic E-state index is 11.2. The molecule has 0 saturated carbocycles. The van der Waals surface area contributed by atoms with Gasteiger partial charge in [0.1, 0.15) is 0 Å². The highest BCUT2D eigenvalue weighted by Crippen LogP contribution is 2.39. The van der Waals surface area contributed by atoms with Crippen molar-refractivity contribution >= 4 is 17.3 Å². The maximum Gasteiger partial charge on any atom is 0.221 e. The minimum absolute atomic E-state index is 0.0130. The number of rotatable bonds is 4. The van der Waals surface area contributed by atoms with Crippen LogP contribution in [0.25, 0.3) is 0 Å². The first kappa shape index (κ1) is 14.4. The number of nitrogens with zero attached hydrogens (tertiary/aromatic N) is 1. The molecule has 0 radical (unpaired) electrons. The minimum Gasteiger partial charge on any atom is -0.365 e. The Bertz CT molecular complexity index is 503. The average molecular weight is 287 g/mol. The van der Waals surface area contributed by atoms with E-state index in [1.807, 2.05) is 12.1 Å². The van der Waals surface area contributed by atoms with Gasteiger partial charge in [-0.3, -0.25) is 4.79 Å². The van der Waals surface area contributed by atoms with Crippen LogP contribution in [-0.4, -0.2) is 30.6 Å². The number of hydrogen-bond donors (Lipinski definition) is 2. The van der Waals surface area contributed by atoms with Gasteiger partial charge in [0, 0.05) is 36.4 Å². The van der Waals surface area contributed by atoms with Crippen molar-refractivity contribution < 1.29 is 4.79 Å². The van der Waals surface area contributed by atoms with Gasteiger partial charge in [0.15, 0.2) is 0 Å². The van der Waals surface area contributed by atoms with E-state index in [1.165, 1.54) is 31.4 Å². The smallest absolute Gasteiger partial charge is 0.221 e. The average Bonchev–Trinajstić information content (AvgIpc) is 2.70. The molecule has 2 N–H and O–H groups in total. The fourth-order valence-corrected chi connectivity index (χ4v) is 4.00. The summed E-state index contributed by atoms with van der Waals surface area (Å²) in [5, 5.41) is 6.50. The number of carbonyl (C=O) groups excluding carboxylic acids is 1. The first-order chi connectivity index (χ1) is 10.2. The van der Waals surface area contributed by atoms with Gasteiger partial charge in [-0.25, -0.2) is 0 Å². The Morgan fingerprint density at radius 1 is 1.29 bits per heavy atom. The molecule has 2 fully saturated rings. The molecule has 0 spiro atoms. The van der Waals surface area contributed by atoms with Gasteiger partial charge in [0.05, 0.1) is 0 Å². The first-order valence-corrected chi connectivity index (χ1v) is 8.06. The van der Waals surface area contributed by atoms with Gasteiger partial charge >= 0.3 is 0 Å². The summed E-state index contributed by atoms with van der Waals surface area (Å²) < 4.78 is 0. The predicted molar refractivity (Wildman–Crippen MR) is 86.7 cm³/mol. The van der Waals surface area contributed by atoms with Crippen LogP contribution in [0.15, 0.2) is 24.3 Å². The van der Waals surface area contributed by atoms with Crippen molar-refractivity contribution in [1.29, 1.82) is 0 Å². The lowest BCUT2D eigenvalue weighted by molar-refractivity contribution is -0.114. The molecule has 114 valence electrons. The van der Waals surface area contributed by atoms with Gasteiger partial charge in [-0.05, 0) is 50.4 Å². The topological polar surface area (TPSA) is 44.4 Å². The van der Waals surface area contributed by atoms with Crippen LogP contribution in [0.2, 0.25) is 0 Å². The van der Waals surface area contributed by atoms with Gasteiger partial charge in [0.2, 0.25) is 5.91 Å². The quantitative estimate of drug-likeness (QED) is 0.895. The SMILES string of the molecule is CCNC1CC2CCC(C1)N2c1cccc(NC(C)=O)c1. The molecule has 1 aromatic rings. The highest BCUT2D eigenvalue weighted by atomic mass is 16.1. The molecule has 2 atom stereocenters. The molecule has 2 aliphatic rings. The molecule has 4 heteroatoms. The fraction of sp³-hybridized carbons (Fsp3) is 0.588. The highest BCUT2D eigenvalue weighted by Gasteiger charge is 2.40. The third kappa shape index (κ3) is 3.05. The zero-order valence-corrected chi connectivity index (χ0v) is 12.9. The Kier molecular flexibility index (Phi) is 4.15. The minimum atomic E-state index is -0.0130. The lowest BCUT2D eigenvalue weighted by atomic mass is 9.96. The summed E-state index contributed by atoms with van der Waals surface area (Å²) in [4.78, 5) is 13.8. The van der Waals surface area contributed by atoms with Crippen molar-refractivity contribution in [2.75, 3.05) is 16.8 Å². The summed E-state index contributed by atoms with van der Waals surface area (Å²) in [5.74, 6) is -0.0130. The molecule has 2 aliphatic heterocycles. The number of fused-ring (bicyclic) bond motifs is 2. The summed E-state index contributed by atoms with van der Waals surface area (Å²) in [5.41, 5.74) is 2.15. The molecule has 1 aromatic carbocycles. The number of carbonyl (C=O) groups is 1. The number of piperidine rings is 1. The van der Waals surface area contributed by atoms with E-state index in [2.05, 4.69) is 34.6 Å². The van der Waals surface area contributed by atoms with E-state index >= 15 is 0 Å². The lowest BCUT2D eigenvalue weighted by Gasteiger charge is -2.41. The number of hydrogen-bond acceptors (Lipinski definition) is 3. The molecular weight excluding hydrogens is 262 g/mol. The number of benzene rings is 1. The third-order valence-electron chi connectivity index (χ3n) is 4.69. The van der Waals surface area contributed by atoms with E-state index in [4.69, 9.17) is 0 Å². The molecule has 2 heterocycles. The third-order valence-corrected chi connectivity index (χ3v) is 4.69. The predicted octanol–water partition coefficient (Wildman–Crippen LogP) is 2.75. The van der Waals surface area contributed by atoms with Crippen molar-refractivity contribution in [3.8, 4) is 0 Å². The summed E-state index contributed by atoms with van der Waals surface area (Å²) in [6.45, 7) is 4.80. The molecule has 3 rings (SSSR count). The fourth-order valence-electron chi connectivity index (χ4n) is 4.00. The van der Waals surface area contributed by atoms with E-state index in [0.29, 0.717) is 18.1 Å². The van der Waals surface area contributed by atoms with Crippen LogP contribution in [0.5, 0.6) is 0 Å². The molecule has 21 heavy (non-hydrogen) atoms. The van der Waals surface area contributed by atoms with Gasteiger partial charge in [-0.2, -0.15) is 0 Å². The molecular formula is C17H25N3O. The molecule has 0 aromatic heterocycles. The zero-order valence-electron chi connectivity index (χ0n) is 12.9.